The maximum Gasteiger partial charge on any atom is 0.249 e. The summed E-state index contributed by atoms with van der Waals surface area (Å²) in [5.41, 5.74) is 2.13. The Hall–Kier alpha value is -1.72. The molecule has 4 nitrogen and oxygen atoms in total. The van der Waals surface area contributed by atoms with Crippen LogP contribution in [0.5, 0.6) is 0 Å². The summed E-state index contributed by atoms with van der Waals surface area (Å²) < 4.78 is 5.48. The summed E-state index contributed by atoms with van der Waals surface area (Å²) in [5.74, 6) is 0.0135. The molecule has 1 fully saturated rings. The molecule has 1 saturated heterocycles. The van der Waals surface area contributed by atoms with E-state index >= 15 is 0 Å². The first-order valence-corrected chi connectivity index (χ1v) is 8.60. The number of rotatable bonds is 5. The van der Waals surface area contributed by atoms with Gasteiger partial charge < -0.3 is 10.1 Å². The zero-order chi connectivity index (χ0) is 15.2. The van der Waals surface area contributed by atoms with Crippen LogP contribution >= 0.6 is 11.3 Å². The molecular formula is C17H20N2O2S. The van der Waals surface area contributed by atoms with Crippen molar-refractivity contribution in [1.29, 1.82) is 0 Å². The van der Waals surface area contributed by atoms with E-state index in [2.05, 4.69) is 27.8 Å². The zero-order valence-electron chi connectivity index (χ0n) is 12.5. The fourth-order valence-electron chi connectivity index (χ4n) is 2.52. The van der Waals surface area contributed by atoms with Crippen LogP contribution in [0, 0.1) is 0 Å². The van der Waals surface area contributed by atoms with Crippen LogP contribution in [0.25, 0.3) is 11.3 Å². The summed E-state index contributed by atoms with van der Waals surface area (Å²) in [6, 6.07) is 10.1. The van der Waals surface area contributed by atoms with Gasteiger partial charge in [0.2, 0.25) is 5.91 Å². The van der Waals surface area contributed by atoms with E-state index in [1.54, 1.807) is 11.3 Å². The van der Waals surface area contributed by atoms with Gasteiger partial charge >= 0.3 is 0 Å². The van der Waals surface area contributed by atoms with Crippen molar-refractivity contribution < 1.29 is 9.53 Å². The fraction of sp³-hybridized carbons (Fsp3) is 0.412. The summed E-state index contributed by atoms with van der Waals surface area (Å²) in [6.07, 6.45) is 3.47. The van der Waals surface area contributed by atoms with E-state index in [1.165, 1.54) is 0 Å². The summed E-state index contributed by atoms with van der Waals surface area (Å²) in [7, 11) is 0. The molecule has 0 unspecified atom stereocenters. The quantitative estimate of drug-likeness (QED) is 0.922. The Balaban J connectivity index is 1.48. The van der Waals surface area contributed by atoms with Gasteiger partial charge in [0.05, 0.1) is 10.7 Å². The summed E-state index contributed by atoms with van der Waals surface area (Å²) >= 11 is 1.64. The van der Waals surface area contributed by atoms with Crippen LogP contribution in [0.3, 0.4) is 0 Å². The van der Waals surface area contributed by atoms with E-state index in [0.717, 1.165) is 41.9 Å². The number of ether oxygens (including phenoxy) is 1. The lowest BCUT2D eigenvalue weighted by atomic mass is 10.1. The summed E-state index contributed by atoms with van der Waals surface area (Å²) in [5, 5.41) is 6.06. The molecule has 0 aliphatic carbocycles. The second kappa shape index (κ2) is 7.51. The molecule has 2 aromatic rings. The molecule has 116 valence electrons. The highest BCUT2D eigenvalue weighted by molar-refractivity contribution is 7.09. The van der Waals surface area contributed by atoms with Crippen LogP contribution in [-0.2, 0) is 16.0 Å². The van der Waals surface area contributed by atoms with Crippen molar-refractivity contribution in [3.63, 3.8) is 0 Å². The van der Waals surface area contributed by atoms with Gasteiger partial charge in [-0.3, -0.25) is 4.79 Å². The predicted molar refractivity (Wildman–Crippen MR) is 87.9 cm³/mol. The molecule has 0 radical (unpaired) electrons. The van der Waals surface area contributed by atoms with E-state index < -0.39 is 0 Å². The smallest absolute Gasteiger partial charge is 0.249 e. The van der Waals surface area contributed by atoms with Gasteiger partial charge in [-0.15, -0.1) is 11.3 Å². The van der Waals surface area contributed by atoms with Gasteiger partial charge in [-0.2, -0.15) is 0 Å². The van der Waals surface area contributed by atoms with Crippen molar-refractivity contribution in [2.45, 2.75) is 31.8 Å². The Morgan fingerprint density at radius 3 is 2.95 bits per heavy atom. The largest absolute Gasteiger partial charge is 0.368 e. The molecule has 0 bridgehead atoms. The van der Waals surface area contributed by atoms with E-state index in [9.17, 15) is 4.79 Å². The van der Waals surface area contributed by atoms with Crippen molar-refractivity contribution in [2.24, 2.45) is 0 Å². The molecule has 1 atom stereocenters. The highest BCUT2D eigenvalue weighted by atomic mass is 32.1. The molecule has 0 spiro atoms. The van der Waals surface area contributed by atoms with Crippen LogP contribution in [-0.4, -0.2) is 30.1 Å². The number of nitrogens with zero attached hydrogens (tertiary/aromatic N) is 1. The number of nitrogens with one attached hydrogen (secondary N) is 1. The molecule has 3 rings (SSSR count). The molecule has 5 heteroatoms. The topological polar surface area (TPSA) is 51.2 Å². The lowest BCUT2D eigenvalue weighted by Crippen LogP contribution is -2.39. The Labute approximate surface area is 134 Å². The molecule has 1 aromatic heterocycles. The predicted octanol–water partition coefficient (Wildman–Crippen LogP) is 3.04. The van der Waals surface area contributed by atoms with Crippen LogP contribution < -0.4 is 5.32 Å². The first kappa shape index (κ1) is 15.2. The van der Waals surface area contributed by atoms with Crippen molar-refractivity contribution >= 4 is 17.2 Å². The third-order valence-corrected chi connectivity index (χ3v) is 4.64. The number of amides is 1. The number of hydrogen-bond donors (Lipinski definition) is 1. The minimum absolute atomic E-state index is 0.0135. The first-order chi connectivity index (χ1) is 10.8. The van der Waals surface area contributed by atoms with Crippen molar-refractivity contribution in [3.8, 4) is 11.3 Å². The van der Waals surface area contributed by atoms with Crippen molar-refractivity contribution in [2.75, 3.05) is 13.2 Å². The van der Waals surface area contributed by atoms with Crippen LogP contribution in [0.4, 0.5) is 0 Å². The van der Waals surface area contributed by atoms with Gasteiger partial charge in [-0.05, 0) is 19.3 Å². The molecule has 0 saturated carbocycles. The van der Waals surface area contributed by atoms with Crippen LogP contribution in [0.15, 0.2) is 35.7 Å². The average molecular weight is 316 g/mol. The first-order valence-electron chi connectivity index (χ1n) is 7.72. The summed E-state index contributed by atoms with van der Waals surface area (Å²) in [4.78, 5) is 16.6. The van der Waals surface area contributed by atoms with Gasteiger partial charge in [0.15, 0.2) is 0 Å². The van der Waals surface area contributed by atoms with E-state index in [-0.39, 0.29) is 12.0 Å². The van der Waals surface area contributed by atoms with Crippen molar-refractivity contribution in [1.82, 2.24) is 10.3 Å². The lowest BCUT2D eigenvalue weighted by Gasteiger charge is -2.21. The van der Waals surface area contributed by atoms with Gasteiger partial charge in [-0.25, -0.2) is 4.98 Å². The second-order valence-corrected chi connectivity index (χ2v) is 6.33. The lowest BCUT2D eigenvalue weighted by molar-refractivity contribution is -0.135. The number of carbonyl (C=O) groups is 1. The van der Waals surface area contributed by atoms with Crippen LogP contribution in [0.2, 0.25) is 0 Å². The maximum atomic E-state index is 12.0. The normalized spacial score (nSPS) is 18.1. The van der Waals surface area contributed by atoms with Crippen LogP contribution in [0.1, 0.15) is 24.3 Å². The van der Waals surface area contributed by atoms with Crippen molar-refractivity contribution in [3.05, 3.63) is 40.7 Å². The number of benzene rings is 1. The molecule has 2 heterocycles. The molecule has 1 N–H and O–H groups in total. The fourth-order valence-corrected chi connectivity index (χ4v) is 3.33. The molecule has 1 aliphatic rings. The second-order valence-electron chi connectivity index (χ2n) is 5.39. The highest BCUT2D eigenvalue weighted by Gasteiger charge is 2.21. The Morgan fingerprint density at radius 1 is 1.32 bits per heavy atom. The van der Waals surface area contributed by atoms with Gasteiger partial charge in [0.1, 0.15) is 6.10 Å². The number of aromatic nitrogens is 1. The van der Waals surface area contributed by atoms with E-state index in [1.807, 2.05) is 18.2 Å². The average Bonchev–Trinajstić information content (AvgIpc) is 3.05. The third-order valence-electron chi connectivity index (χ3n) is 3.73. The third kappa shape index (κ3) is 3.93. The SMILES string of the molecule is O=C(NCCc1nc(-c2ccccc2)cs1)[C@H]1CCCCO1. The molecule has 1 amide bonds. The standard InChI is InChI=1S/C17H20N2O2S/c20-17(15-8-4-5-11-21-15)18-10-9-16-19-14(12-22-16)13-6-2-1-3-7-13/h1-3,6-7,12,15H,4-5,8-11H2,(H,18,20)/t15-/m1/s1. The number of thiazole rings is 1. The van der Waals surface area contributed by atoms with Gasteiger partial charge in [0, 0.05) is 30.5 Å². The van der Waals surface area contributed by atoms with E-state index in [4.69, 9.17) is 4.74 Å². The Morgan fingerprint density at radius 2 is 2.18 bits per heavy atom. The number of hydrogen-bond acceptors (Lipinski definition) is 4. The maximum absolute atomic E-state index is 12.0. The molecule has 1 aromatic carbocycles. The summed E-state index contributed by atoms with van der Waals surface area (Å²) in [6.45, 7) is 1.31. The van der Waals surface area contributed by atoms with Gasteiger partial charge in [0.25, 0.3) is 0 Å². The molecule has 22 heavy (non-hydrogen) atoms. The highest BCUT2D eigenvalue weighted by Crippen LogP contribution is 2.21. The molecular weight excluding hydrogens is 296 g/mol. The zero-order valence-corrected chi connectivity index (χ0v) is 13.3. The minimum Gasteiger partial charge on any atom is -0.368 e. The monoisotopic (exact) mass is 316 g/mol. The molecule has 1 aliphatic heterocycles. The Bertz CT molecular complexity index is 606. The Kier molecular flexibility index (Phi) is 5.19. The minimum atomic E-state index is -0.259. The number of carbonyl (C=O) groups excluding carboxylic acids is 1. The van der Waals surface area contributed by atoms with E-state index in [0.29, 0.717) is 13.2 Å². The van der Waals surface area contributed by atoms with Gasteiger partial charge in [-0.1, -0.05) is 30.3 Å².